The molecule has 0 bridgehead atoms. The summed E-state index contributed by atoms with van der Waals surface area (Å²) in [7, 11) is 1.76. The van der Waals surface area contributed by atoms with Gasteiger partial charge in [0.1, 0.15) is 5.75 Å². The number of rotatable bonds is 13. The number of aromatic nitrogens is 1. The fraction of sp³-hybridized carbons (Fsp3) is 0.310. The summed E-state index contributed by atoms with van der Waals surface area (Å²) in [4.78, 5) is 43.4. The second kappa shape index (κ2) is 16.9. The van der Waals surface area contributed by atoms with Gasteiger partial charge in [-0.3, -0.25) is 14.5 Å². The highest BCUT2D eigenvalue weighted by Gasteiger charge is 2.31. The molecule has 0 spiro atoms. The fourth-order valence-electron chi connectivity index (χ4n) is 7.22. The summed E-state index contributed by atoms with van der Waals surface area (Å²) in [5.41, 5.74) is 11.9. The van der Waals surface area contributed by atoms with Crippen LogP contribution in [0, 0.1) is 0 Å². The minimum absolute atomic E-state index is 0.0201. The number of aromatic hydroxyl groups is 1. The van der Waals surface area contributed by atoms with Crippen molar-refractivity contribution in [3.63, 3.8) is 0 Å². The Hall–Kier alpha value is -5.49. The summed E-state index contributed by atoms with van der Waals surface area (Å²) >= 11 is 0. The van der Waals surface area contributed by atoms with Crippen molar-refractivity contribution in [2.75, 3.05) is 23.4 Å². The number of aromatic amines is 1. The molecule has 1 aliphatic rings. The zero-order valence-electron chi connectivity index (χ0n) is 29.9. The summed E-state index contributed by atoms with van der Waals surface area (Å²) < 4.78 is 0. The number of carboxylic acid groups (broad SMARTS) is 1. The lowest BCUT2D eigenvalue weighted by Gasteiger charge is -2.35. The van der Waals surface area contributed by atoms with Gasteiger partial charge in [0.05, 0.1) is 17.3 Å². The van der Waals surface area contributed by atoms with Crippen LogP contribution in [0.4, 0.5) is 16.2 Å². The second-order valence-corrected chi connectivity index (χ2v) is 13.8. The van der Waals surface area contributed by atoms with Gasteiger partial charge < -0.3 is 36.3 Å². The zero-order valence-corrected chi connectivity index (χ0v) is 29.9. The van der Waals surface area contributed by atoms with Gasteiger partial charge in [-0.2, -0.15) is 0 Å². The lowest BCUT2D eigenvalue weighted by atomic mass is 9.89. The van der Waals surface area contributed by atoms with E-state index in [1.165, 1.54) is 17.0 Å². The van der Waals surface area contributed by atoms with E-state index < -0.39 is 12.2 Å². The number of amides is 2. The molecule has 0 aliphatic heterocycles. The van der Waals surface area contributed by atoms with Crippen LogP contribution in [-0.4, -0.2) is 58.0 Å². The summed E-state index contributed by atoms with van der Waals surface area (Å²) in [5, 5.41) is 35.2. The number of aliphatic hydroxyl groups excluding tert-OH is 1. The first-order chi connectivity index (χ1) is 25.6. The van der Waals surface area contributed by atoms with E-state index in [0.717, 1.165) is 53.6 Å². The number of aryl methyl sites for hydroxylation is 1. The quantitative estimate of drug-likeness (QED) is 0.0805. The molecule has 53 heavy (non-hydrogen) atoms. The van der Waals surface area contributed by atoms with E-state index in [2.05, 4.69) is 10.3 Å². The summed E-state index contributed by atoms with van der Waals surface area (Å²) in [5.74, 6) is -0.0773. The first-order valence-corrected chi connectivity index (χ1v) is 18.1. The van der Waals surface area contributed by atoms with Crippen LogP contribution in [0.5, 0.6) is 5.75 Å². The Kier molecular flexibility index (Phi) is 11.9. The van der Waals surface area contributed by atoms with E-state index >= 15 is 0 Å². The smallest absolute Gasteiger partial charge is 0.412 e. The Morgan fingerprint density at radius 3 is 2.36 bits per heavy atom. The fourth-order valence-corrected chi connectivity index (χ4v) is 7.22. The molecule has 2 amide bonds. The van der Waals surface area contributed by atoms with Crippen LogP contribution in [0.15, 0.2) is 102 Å². The Labute approximate surface area is 308 Å². The van der Waals surface area contributed by atoms with Gasteiger partial charge >= 0.3 is 6.09 Å². The molecule has 1 saturated carbocycles. The summed E-state index contributed by atoms with van der Waals surface area (Å²) in [6.45, 7) is 0.736. The van der Waals surface area contributed by atoms with Gasteiger partial charge in [0.2, 0.25) is 11.5 Å². The molecule has 1 aromatic heterocycles. The number of aliphatic hydroxyl groups is 1. The Balaban J connectivity index is 1.04. The van der Waals surface area contributed by atoms with E-state index in [1.807, 2.05) is 72.8 Å². The van der Waals surface area contributed by atoms with Crippen LogP contribution in [0.25, 0.3) is 22.0 Å². The van der Waals surface area contributed by atoms with Gasteiger partial charge in [0.25, 0.3) is 0 Å². The minimum atomic E-state index is -0.974. The monoisotopic (exact) mass is 717 g/mol. The van der Waals surface area contributed by atoms with Crippen molar-refractivity contribution in [1.82, 2.24) is 10.3 Å². The molecule has 1 atom stereocenters. The molecule has 7 N–H and O–H groups in total. The van der Waals surface area contributed by atoms with Crippen LogP contribution < -0.4 is 26.4 Å². The molecular weight excluding hydrogens is 670 g/mol. The van der Waals surface area contributed by atoms with Crippen molar-refractivity contribution >= 4 is 34.3 Å². The molecule has 5 aromatic rings. The van der Waals surface area contributed by atoms with Crippen molar-refractivity contribution in [3.8, 4) is 16.9 Å². The van der Waals surface area contributed by atoms with Crippen LogP contribution in [0.3, 0.4) is 0 Å². The van der Waals surface area contributed by atoms with E-state index in [0.29, 0.717) is 42.4 Å². The van der Waals surface area contributed by atoms with Crippen LogP contribution in [0.2, 0.25) is 0 Å². The van der Waals surface area contributed by atoms with E-state index in [4.69, 9.17) is 5.73 Å². The number of benzene rings is 4. The third-order valence-corrected chi connectivity index (χ3v) is 10.2. The molecule has 1 fully saturated rings. The van der Waals surface area contributed by atoms with Gasteiger partial charge in [-0.05, 0) is 91.1 Å². The molecular formula is C42H47N5O6. The highest BCUT2D eigenvalue weighted by atomic mass is 16.4. The van der Waals surface area contributed by atoms with Gasteiger partial charge in [0.15, 0.2) is 0 Å². The molecule has 1 aliphatic carbocycles. The number of H-pyrrole nitrogens is 1. The molecule has 11 heteroatoms. The molecule has 276 valence electrons. The minimum Gasteiger partial charge on any atom is -0.506 e. The van der Waals surface area contributed by atoms with Crippen molar-refractivity contribution in [2.24, 2.45) is 5.73 Å². The number of pyridine rings is 1. The number of hydrogen-bond donors (Lipinski definition) is 6. The lowest BCUT2D eigenvalue weighted by molar-refractivity contribution is -0.118. The molecule has 1 unspecified atom stereocenters. The Morgan fingerprint density at radius 2 is 1.64 bits per heavy atom. The number of nitrogens with two attached hydrogens (primary N) is 1. The van der Waals surface area contributed by atoms with Gasteiger partial charge in [0, 0.05) is 61.3 Å². The van der Waals surface area contributed by atoms with Gasteiger partial charge in [-0.25, -0.2) is 4.79 Å². The normalized spacial score (nSPS) is 16.3. The topological polar surface area (TPSA) is 172 Å². The van der Waals surface area contributed by atoms with Crippen molar-refractivity contribution < 1.29 is 24.9 Å². The van der Waals surface area contributed by atoms with Crippen LogP contribution in [-0.2, 0) is 17.8 Å². The third-order valence-electron chi connectivity index (χ3n) is 10.2. The van der Waals surface area contributed by atoms with E-state index in [1.54, 1.807) is 24.1 Å². The van der Waals surface area contributed by atoms with Crippen molar-refractivity contribution in [2.45, 2.75) is 69.7 Å². The SMILES string of the molecule is CN(C(=O)CCCc1ccc(-c2ccccc2)c(N(C(=O)O)[C@H]2CC[C@H](N)CC2)c1)c1ccc(CNCC(O)c2ccc(O)c3[nH]c(=O)ccc23)cc1. The molecule has 4 aromatic carbocycles. The first-order valence-electron chi connectivity index (χ1n) is 18.1. The van der Waals surface area contributed by atoms with E-state index in [9.17, 15) is 29.7 Å². The number of carbonyl (C=O) groups excluding carboxylic acids is 1. The third kappa shape index (κ3) is 8.94. The predicted molar refractivity (Wildman–Crippen MR) is 208 cm³/mol. The average molecular weight is 718 g/mol. The zero-order chi connectivity index (χ0) is 37.5. The second-order valence-electron chi connectivity index (χ2n) is 13.8. The maximum Gasteiger partial charge on any atom is 0.412 e. The predicted octanol–water partition coefficient (Wildman–Crippen LogP) is 6.46. The number of phenols is 1. The first kappa shape index (κ1) is 37.3. The Morgan fingerprint density at radius 1 is 0.925 bits per heavy atom. The van der Waals surface area contributed by atoms with Gasteiger partial charge in [-0.15, -0.1) is 0 Å². The number of anilines is 2. The number of nitrogens with one attached hydrogen (secondary N) is 2. The molecule has 0 radical (unpaired) electrons. The maximum atomic E-state index is 13.2. The summed E-state index contributed by atoms with van der Waals surface area (Å²) in [6, 6.07) is 29.5. The average Bonchev–Trinajstić information content (AvgIpc) is 3.16. The van der Waals surface area contributed by atoms with Crippen LogP contribution in [0.1, 0.15) is 61.3 Å². The number of phenolic OH excluding ortho intramolecular Hbond substituents is 1. The highest BCUT2D eigenvalue weighted by Crippen LogP contribution is 2.36. The highest BCUT2D eigenvalue weighted by molar-refractivity contribution is 5.94. The maximum absolute atomic E-state index is 13.2. The largest absolute Gasteiger partial charge is 0.506 e. The lowest BCUT2D eigenvalue weighted by Crippen LogP contribution is -2.44. The molecule has 0 saturated heterocycles. The van der Waals surface area contributed by atoms with Gasteiger partial charge in [-0.1, -0.05) is 60.7 Å². The number of hydrogen-bond acceptors (Lipinski definition) is 7. The number of nitrogens with zero attached hydrogens (tertiary/aromatic N) is 2. The Bertz CT molecular complexity index is 2090. The molecule has 1 heterocycles. The summed E-state index contributed by atoms with van der Waals surface area (Å²) in [6.07, 6.45) is 2.74. The number of carbonyl (C=O) groups is 2. The standard InChI is InChI=1S/C42H47N5O6/c1-46(31-15-10-28(11-16-31)25-44-26-38(49)34-20-22-37(48)41-35(34)21-23-39(50)45-41)40(51)9-5-6-27-12-19-33(29-7-3-2-4-8-29)36(24-27)47(42(52)53)32-17-13-30(43)14-18-32/h2-4,7-8,10-12,15-16,19-24,30,32,38,44,48-49H,5-6,9,13-14,17-18,25-26,43H2,1H3,(H,45,50)(H,52,53)/t30-,32-,38?. The molecule has 6 rings (SSSR count). The van der Waals surface area contributed by atoms with E-state index in [-0.39, 0.29) is 41.4 Å². The van der Waals surface area contributed by atoms with Crippen molar-refractivity contribution in [1.29, 1.82) is 0 Å². The van der Waals surface area contributed by atoms with Crippen molar-refractivity contribution in [3.05, 3.63) is 124 Å². The molecule has 11 nitrogen and oxygen atoms in total. The van der Waals surface area contributed by atoms with Crippen LogP contribution >= 0.6 is 0 Å². The number of fused-ring (bicyclic) bond motifs is 1.